The van der Waals surface area contributed by atoms with Gasteiger partial charge in [-0.2, -0.15) is 5.10 Å². The molecule has 0 saturated carbocycles. The van der Waals surface area contributed by atoms with Gasteiger partial charge in [0.25, 0.3) is 5.91 Å². The van der Waals surface area contributed by atoms with E-state index in [1.54, 1.807) is 23.0 Å². The molecule has 0 aliphatic carbocycles. The number of carbonyl (C=O) groups excluding carboxylic acids is 1. The lowest BCUT2D eigenvalue weighted by Gasteiger charge is -2.33. The monoisotopic (exact) mass is 389 g/mol. The second-order valence-electron chi connectivity index (χ2n) is 7.70. The first kappa shape index (κ1) is 18.6. The van der Waals surface area contributed by atoms with Gasteiger partial charge in [-0.3, -0.25) is 14.5 Å². The number of fused-ring (bicyclic) bond motifs is 2. The van der Waals surface area contributed by atoms with E-state index in [1.165, 1.54) is 4.90 Å². The summed E-state index contributed by atoms with van der Waals surface area (Å²) in [4.78, 5) is 23.0. The molecule has 0 atom stereocenters. The topological polar surface area (TPSA) is 63.9 Å². The molecular formula is C22H17B2N5O. The van der Waals surface area contributed by atoms with E-state index < -0.39 is 5.34 Å². The lowest BCUT2D eigenvalue weighted by molar-refractivity contribution is 0.0731. The van der Waals surface area contributed by atoms with Crippen LogP contribution in [0.1, 0.15) is 27.2 Å². The van der Waals surface area contributed by atoms with E-state index in [0.717, 1.165) is 33.3 Å². The maximum Gasteiger partial charge on any atom is 0.255 e. The Labute approximate surface area is 176 Å². The lowest BCUT2D eigenvalue weighted by atomic mass is 9.59. The smallest absolute Gasteiger partial charge is 0.255 e. The van der Waals surface area contributed by atoms with Gasteiger partial charge in [0.05, 0.1) is 26.9 Å². The van der Waals surface area contributed by atoms with Gasteiger partial charge in [-0.05, 0) is 41.8 Å². The minimum absolute atomic E-state index is 0.210. The van der Waals surface area contributed by atoms with Crippen LogP contribution in [0, 0.1) is 6.92 Å². The van der Waals surface area contributed by atoms with Crippen LogP contribution in [0.25, 0.3) is 22.2 Å². The molecule has 0 bridgehead atoms. The summed E-state index contributed by atoms with van der Waals surface area (Å²) in [7, 11) is 14.5. The molecule has 1 aromatic carbocycles. The highest BCUT2D eigenvalue weighted by Crippen LogP contribution is 2.35. The lowest BCUT2D eigenvalue weighted by Crippen LogP contribution is -2.44. The maximum atomic E-state index is 12.9. The zero-order chi connectivity index (χ0) is 21.0. The predicted octanol–water partition coefficient (Wildman–Crippen LogP) is 2.44. The van der Waals surface area contributed by atoms with E-state index in [0.29, 0.717) is 17.8 Å². The van der Waals surface area contributed by atoms with E-state index in [9.17, 15) is 4.79 Å². The van der Waals surface area contributed by atoms with Crippen molar-refractivity contribution in [2.24, 2.45) is 7.05 Å². The molecule has 0 unspecified atom stereocenters. The van der Waals surface area contributed by atoms with Gasteiger partial charge in [0.2, 0.25) is 0 Å². The van der Waals surface area contributed by atoms with Gasteiger partial charge in [0.15, 0.2) is 5.65 Å². The van der Waals surface area contributed by atoms with Crippen LogP contribution in [0.4, 0.5) is 0 Å². The molecule has 5 rings (SSSR count). The zero-order valence-electron chi connectivity index (χ0n) is 16.7. The molecule has 4 heterocycles. The van der Waals surface area contributed by atoms with Crippen LogP contribution in [0.3, 0.4) is 0 Å². The van der Waals surface area contributed by atoms with E-state index in [1.807, 2.05) is 38.5 Å². The minimum atomic E-state index is -1.44. The fourth-order valence-corrected chi connectivity index (χ4v) is 3.95. The van der Waals surface area contributed by atoms with Gasteiger partial charge in [-0.15, -0.1) is 0 Å². The van der Waals surface area contributed by atoms with Gasteiger partial charge in [0.1, 0.15) is 0 Å². The van der Waals surface area contributed by atoms with E-state index in [4.69, 9.17) is 15.7 Å². The van der Waals surface area contributed by atoms with Gasteiger partial charge in [-0.25, -0.2) is 4.98 Å². The third-order valence-corrected chi connectivity index (χ3v) is 5.59. The average molecular weight is 389 g/mol. The molecule has 3 aromatic heterocycles. The van der Waals surface area contributed by atoms with Gasteiger partial charge >= 0.3 is 0 Å². The molecule has 1 aliphatic heterocycles. The summed E-state index contributed by atoms with van der Waals surface area (Å²) >= 11 is 0. The Hall–Kier alpha value is -3.41. The van der Waals surface area contributed by atoms with Crippen molar-refractivity contribution in [1.29, 1.82) is 0 Å². The van der Waals surface area contributed by atoms with E-state index in [-0.39, 0.29) is 5.91 Å². The Kier molecular flexibility index (Phi) is 4.07. The van der Waals surface area contributed by atoms with Crippen LogP contribution in [0.15, 0.2) is 55.0 Å². The number of benzene rings is 1. The SMILES string of the molecule is [B]C1([B])c2ncccc2C(=O)N1Cc1ccc(-c2cnc3nn(C)cc3c2)cc1C. The molecule has 8 heteroatoms. The summed E-state index contributed by atoms with van der Waals surface area (Å²) in [6.07, 6.45) is 5.36. The molecule has 0 saturated heterocycles. The van der Waals surface area contributed by atoms with Crippen LogP contribution >= 0.6 is 0 Å². The normalized spacial score (nSPS) is 15.0. The third kappa shape index (κ3) is 2.83. The second kappa shape index (κ2) is 6.55. The number of amides is 1. The molecule has 4 radical (unpaired) electrons. The quantitative estimate of drug-likeness (QED) is 0.505. The summed E-state index contributed by atoms with van der Waals surface area (Å²) in [6, 6.07) is 11.6. The highest BCUT2D eigenvalue weighted by atomic mass is 16.2. The standard InChI is InChI=1S/C22H17B2N5O/c1-13-8-14(16-9-17-11-28(2)27-20(17)26-10-16)5-6-15(13)12-29-21(30)18-4-3-7-25-19(18)22(29,23)24/h3-11H,12H2,1-2H3. The van der Waals surface area contributed by atoms with Crippen LogP contribution in [-0.2, 0) is 18.9 Å². The third-order valence-electron chi connectivity index (χ3n) is 5.59. The number of aromatic nitrogens is 4. The van der Waals surface area contributed by atoms with Crippen molar-refractivity contribution < 1.29 is 4.79 Å². The van der Waals surface area contributed by atoms with Crippen molar-refractivity contribution in [3.8, 4) is 11.1 Å². The van der Waals surface area contributed by atoms with Crippen molar-refractivity contribution in [2.45, 2.75) is 18.8 Å². The molecule has 1 aliphatic rings. The molecule has 6 nitrogen and oxygen atoms in total. The Morgan fingerprint density at radius 1 is 1.10 bits per heavy atom. The van der Waals surface area contributed by atoms with E-state index in [2.05, 4.69) is 27.2 Å². The number of nitrogens with zero attached hydrogens (tertiary/aromatic N) is 5. The van der Waals surface area contributed by atoms with Gasteiger partial charge in [-0.1, -0.05) is 18.2 Å². The molecule has 30 heavy (non-hydrogen) atoms. The Morgan fingerprint density at radius 2 is 1.93 bits per heavy atom. The highest BCUT2D eigenvalue weighted by molar-refractivity contribution is 6.42. The van der Waals surface area contributed by atoms with Crippen molar-refractivity contribution in [3.63, 3.8) is 0 Å². The van der Waals surface area contributed by atoms with Crippen molar-refractivity contribution >= 4 is 32.6 Å². The van der Waals surface area contributed by atoms with Crippen LogP contribution in [0.2, 0.25) is 0 Å². The number of hydrogen-bond donors (Lipinski definition) is 0. The Morgan fingerprint density at radius 3 is 2.70 bits per heavy atom. The van der Waals surface area contributed by atoms with Crippen molar-refractivity contribution in [3.05, 3.63) is 77.4 Å². The van der Waals surface area contributed by atoms with Crippen LogP contribution in [0.5, 0.6) is 0 Å². The van der Waals surface area contributed by atoms with Gasteiger partial charge in [0, 0.05) is 48.5 Å². The summed E-state index contributed by atoms with van der Waals surface area (Å²) in [5.41, 5.74) is 5.62. The first-order valence-corrected chi connectivity index (χ1v) is 9.59. The predicted molar refractivity (Wildman–Crippen MR) is 116 cm³/mol. The molecule has 0 spiro atoms. The van der Waals surface area contributed by atoms with Gasteiger partial charge < -0.3 is 4.90 Å². The number of hydrogen-bond acceptors (Lipinski definition) is 4. The van der Waals surface area contributed by atoms with E-state index >= 15 is 0 Å². The summed E-state index contributed by atoms with van der Waals surface area (Å²) in [5.74, 6) is -0.210. The highest BCUT2D eigenvalue weighted by Gasteiger charge is 2.42. The molecule has 1 amide bonds. The van der Waals surface area contributed by atoms with Crippen molar-refractivity contribution in [2.75, 3.05) is 0 Å². The summed E-state index contributed by atoms with van der Waals surface area (Å²) in [5, 5.41) is 3.86. The zero-order valence-corrected chi connectivity index (χ0v) is 16.7. The molecule has 0 N–H and O–H groups in total. The molecule has 0 fully saturated rings. The molecular weight excluding hydrogens is 372 g/mol. The molecule has 142 valence electrons. The summed E-state index contributed by atoms with van der Waals surface area (Å²) < 4.78 is 1.75. The first-order chi connectivity index (χ1) is 14.3. The van der Waals surface area contributed by atoms with Crippen LogP contribution < -0.4 is 0 Å². The second-order valence-corrected chi connectivity index (χ2v) is 7.70. The number of rotatable bonds is 3. The number of aryl methyl sites for hydroxylation is 2. The Balaban J connectivity index is 1.46. The number of carbonyl (C=O) groups is 1. The fraction of sp³-hybridized carbons (Fsp3) is 0.182. The largest absolute Gasteiger partial charge is 0.340 e. The molecule has 4 aromatic rings. The van der Waals surface area contributed by atoms with Crippen LogP contribution in [-0.4, -0.2) is 46.2 Å². The summed E-state index contributed by atoms with van der Waals surface area (Å²) in [6.45, 7) is 2.31. The van der Waals surface area contributed by atoms with Crippen molar-refractivity contribution in [1.82, 2.24) is 24.6 Å². The average Bonchev–Trinajstić information content (AvgIpc) is 3.19. The number of pyridine rings is 2. The maximum absolute atomic E-state index is 12.9. The fourth-order valence-electron chi connectivity index (χ4n) is 3.95. The first-order valence-electron chi connectivity index (χ1n) is 9.59. The minimum Gasteiger partial charge on any atom is -0.340 e. The Bertz CT molecular complexity index is 1310.